The van der Waals surface area contributed by atoms with E-state index in [1.165, 1.54) is 30.3 Å². The van der Waals surface area contributed by atoms with Crippen molar-refractivity contribution in [2.24, 2.45) is 0 Å². The van der Waals surface area contributed by atoms with E-state index in [-0.39, 0.29) is 23.0 Å². The second-order valence-electron chi connectivity index (χ2n) is 6.66. The Balaban J connectivity index is 1.79. The average Bonchev–Trinajstić information content (AvgIpc) is 2.68. The Kier molecular flexibility index (Phi) is 6.26. The predicted octanol–water partition coefficient (Wildman–Crippen LogP) is 0.152. The molecule has 7 N–H and O–H groups in total. The number of hydrogen-bond acceptors (Lipinski definition) is 9. The Morgan fingerprint density at radius 3 is 2.14 bits per heavy atom. The van der Waals surface area contributed by atoms with Crippen LogP contribution in [-0.2, 0) is 4.74 Å². The fraction of sp³-hybridized carbons (Fsp3) is 0.300. The summed E-state index contributed by atoms with van der Waals surface area (Å²) in [6.07, 6.45) is -4.05. The highest BCUT2D eigenvalue weighted by atomic mass is 16.7. The molecular formula is C20H22O9. The normalized spacial score (nSPS) is 27.2. The number of benzene rings is 2. The first-order valence-electron chi connectivity index (χ1n) is 8.80. The summed E-state index contributed by atoms with van der Waals surface area (Å²) in [4.78, 5) is 0. The molecule has 5 unspecified atom stereocenters. The molecule has 0 spiro atoms. The van der Waals surface area contributed by atoms with Crippen molar-refractivity contribution in [3.05, 3.63) is 47.5 Å². The highest BCUT2D eigenvalue weighted by Crippen LogP contribution is 2.32. The van der Waals surface area contributed by atoms with E-state index in [1.807, 2.05) is 0 Å². The van der Waals surface area contributed by atoms with Gasteiger partial charge >= 0.3 is 0 Å². The van der Waals surface area contributed by atoms with E-state index in [2.05, 4.69) is 0 Å². The van der Waals surface area contributed by atoms with E-state index in [9.17, 15) is 35.7 Å². The lowest BCUT2D eigenvalue weighted by atomic mass is 9.99. The summed E-state index contributed by atoms with van der Waals surface area (Å²) in [5.74, 6) is -0.506. The van der Waals surface area contributed by atoms with Gasteiger partial charge in [-0.2, -0.15) is 0 Å². The molecule has 1 aliphatic heterocycles. The number of phenolic OH excluding ortho intramolecular Hbond substituents is 3. The zero-order valence-corrected chi connectivity index (χ0v) is 15.2. The Bertz CT molecular complexity index is 860. The average molecular weight is 406 g/mol. The minimum Gasteiger partial charge on any atom is -0.508 e. The molecule has 0 amide bonds. The second kappa shape index (κ2) is 8.68. The van der Waals surface area contributed by atoms with Gasteiger partial charge in [0.1, 0.15) is 35.9 Å². The Morgan fingerprint density at radius 1 is 0.828 bits per heavy atom. The number of rotatable bonds is 5. The second-order valence-corrected chi connectivity index (χ2v) is 6.66. The fourth-order valence-electron chi connectivity index (χ4n) is 2.93. The first-order valence-corrected chi connectivity index (χ1v) is 8.80. The zero-order valence-electron chi connectivity index (χ0n) is 15.2. The minimum absolute atomic E-state index is 0.0600. The maximum atomic E-state index is 10.1. The van der Waals surface area contributed by atoms with Crippen molar-refractivity contribution in [1.82, 2.24) is 0 Å². The third-order valence-corrected chi connectivity index (χ3v) is 4.47. The van der Waals surface area contributed by atoms with E-state index >= 15 is 0 Å². The van der Waals surface area contributed by atoms with Crippen molar-refractivity contribution in [3.8, 4) is 23.0 Å². The molecule has 2 aromatic carbocycles. The van der Waals surface area contributed by atoms with Gasteiger partial charge in [0, 0.05) is 6.07 Å². The molecule has 0 radical (unpaired) electrons. The molecule has 9 heteroatoms. The molecule has 2 aromatic rings. The summed E-state index contributed by atoms with van der Waals surface area (Å²) in [5, 5.41) is 68.0. The van der Waals surface area contributed by atoms with Crippen molar-refractivity contribution in [1.29, 1.82) is 0 Å². The molecule has 29 heavy (non-hydrogen) atoms. The summed E-state index contributed by atoms with van der Waals surface area (Å²) >= 11 is 0. The molecule has 1 saturated heterocycles. The third kappa shape index (κ3) is 4.78. The van der Waals surface area contributed by atoms with Crippen LogP contribution in [0.2, 0.25) is 0 Å². The number of aromatic hydroxyl groups is 3. The van der Waals surface area contributed by atoms with E-state index in [1.54, 1.807) is 18.2 Å². The molecule has 9 nitrogen and oxygen atoms in total. The van der Waals surface area contributed by atoms with Crippen LogP contribution in [0.25, 0.3) is 12.2 Å². The van der Waals surface area contributed by atoms with Crippen LogP contribution in [0, 0.1) is 0 Å². The molecule has 5 atom stereocenters. The lowest BCUT2D eigenvalue weighted by molar-refractivity contribution is -0.277. The van der Waals surface area contributed by atoms with Crippen LogP contribution in [0.3, 0.4) is 0 Å². The van der Waals surface area contributed by atoms with Crippen LogP contribution < -0.4 is 4.74 Å². The van der Waals surface area contributed by atoms with Crippen molar-refractivity contribution in [2.75, 3.05) is 6.61 Å². The van der Waals surface area contributed by atoms with Crippen LogP contribution in [0.5, 0.6) is 23.0 Å². The number of hydrogen-bond donors (Lipinski definition) is 7. The maximum Gasteiger partial charge on any atom is 0.229 e. The highest BCUT2D eigenvalue weighted by molar-refractivity contribution is 5.72. The van der Waals surface area contributed by atoms with Crippen LogP contribution in [0.15, 0.2) is 36.4 Å². The molecular weight excluding hydrogens is 384 g/mol. The summed E-state index contributed by atoms with van der Waals surface area (Å²) in [5.41, 5.74) is 1.11. The monoisotopic (exact) mass is 406 g/mol. The molecule has 1 heterocycles. The molecule has 0 bridgehead atoms. The van der Waals surface area contributed by atoms with Crippen molar-refractivity contribution < 1.29 is 45.2 Å². The molecule has 156 valence electrons. The van der Waals surface area contributed by atoms with Gasteiger partial charge in [0.15, 0.2) is 11.5 Å². The van der Waals surface area contributed by atoms with Crippen molar-refractivity contribution >= 4 is 12.2 Å². The van der Waals surface area contributed by atoms with Gasteiger partial charge in [0.25, 0.3) is 0 Å². The molecule has 3 rings (SSSR count). The summed E-state index contributed by atoms with van der Waals surface area (Å²) in [7, 11) is 0. The third-order valence-electron chi connectivity index (χ3n) is 4.47. The van der Waals surface area contributed by atoms with Gasteiger partial charge in [-0.15, -0.1) is 0 Å². The summed E-state index contributed by atoms with van der Waals surface area (Å²) in [6, 6.07) is 8.46. The molecule has 1 fully saturated rings. The molecule has 0 saturated carbocycles. The van der Waals surface area contributed by atoms with E-state index < -0.39 is 37.3 Å². The van der Waals surface area contributed by atoms with E-state index in [4.69, 9.17) is 9.47 Å². The molecule has 1 aliphatic rings. The molecule has 0 aliphatic carbocycles. The van der Waals surface area contributed by atoms with Gasteiger partial charge in [-0.25, -0.2) is 0 Å². The Morgan fingerprint density at radius 2 is 1.48 bits per heavy atom. The van der Waals surface area contributed by atoms with Gasteiger partial charge in [0.2, 0.25) is 6.29 Å². The van der Waals surface area contributed by atoms with Gasteiger partial charge in [-0.1, -0.05) is 18.2 Å². The maximum absolute atomic E-state index is 10.1. The van der Waals surface area contributed by atoms with Crippen LogP contribution >= 0.6 is 0 Å². The lowest BCUT2D eigenvalue weighted by Gasteiger charge is -2.39. The number of aliphatic hydroxyl groups excluding tert-OH is 4. The standard InChI is InChI=1S/C20H22O9/c21-9-16-17(25)18(26)19(27)20(29-16)28-15-7-10(3-4-14(15)24)1-2-11-5-12(22)8-13(23)6-11/h1-8,16-27H,9H2/b2-1+. The smallest absolute Gasteiger partial charge is 0.229 e. The first-order chi connectivity index (χ1) is 13.8. The van der Waals surface area contributed by atoms with Gasteiger partial charge in [0.05, 0.1) is 6.61 Å². The Hall–Kier alpha value is -2.82. The van der Waals surface area contributed by atoms with Crippen molar-refractivity contribution in [3.63, 3.8) is 0 Å². The van der Waals surface area contributed by atoms with Gasteiger partial charge in [-0.05, 0) is 35.4 Å². The topological polar surface area (TPSA) is 160 Å². The van der Waals surface area contributed by atoms with Crippen molar-refractivity contribution in [2.45, 2.75) is 30.7 Å². The van der Waals surface area contributed by atoms with E-state index in [0.717, 1.165) is 0 Å². The number of ether oxygens (including phenoxy) is 2. The molecule has 0 aromatic heterocycles. The zero-order chi connectivity index (χ0) is 21.1. The van der Waals surface area contributed by atoms with Crippen LogP contribution in [0.4, 0.5) is 0 Å². The summed E-state index contributed by atoms with van der Waals surface area (Å²) in [6.45, 7) is -0.601. The SMILES string of the molecule is OCC1OC(Oc2cc(/C=C/c3cc(O)cc(O)c3)ccc2O)C(O)C(O)C1O. The highest BCUT2D eigenvalue weighted by Gasteiger charge is 2.44. The number of phenols is 3. The van der Waals surface area contributed by atoms with Gasteiger partial charge < -0.3 is 45.2 Å². The lowest BCUT2D eigenvalue weighted by Crippen LogP contribution is -2.60. The first kappa shape index (κ1) is 20.9. The largest absolute Gasteiger partial charge is 0.508 e. The number of aliphatic hydroxyl groups is 4. The quantitative estimate of drug-likeness (QED) is 0.343. The predicted molar refractivity (Wildman–Crippen MR) is 101 cm³/mol. The van der Waals surface area contributed by atoms with Crippen LogP contribution in [-0.4, -0.2) is 73.1 Å². The Labute approximate surface area is 165 Å². The summed E-state index contributed by atoms with van der Waals surface area (Å²) < 4.78 is 10.7. The minimum atomic E-state index is -1.61. The van der Waals surface area contributed by atoms with E-state index in [0.29, 0.717) is 11.1 Å². The fourth-order valence-corrected chi connectivity index (χ4v) is 2.93. The van der Waals surface area contributed by atoms with Gasteiger partial charge in [-0.3, -0.25) is 0 Å². The van der Waals surface area contributed by atoms with Crippen LogP contribution in [0.1, 0.15) is 11.1 Å².